The summed E-state index contributed by atoms with van der Waals surface area (Å²) >= 11 is 0. The van der Waals surface area contributed by atoms with Crippen molar-refractivity contribution in [1.82, 2.24) is 0 Å². The van der Waals surface area contributed by atoms with Gasteiger partial charge in [0.15, 0.2) is 0 Å². The molecule has 0 fully saturated rings. The highest BCUT2D eigenvalue weighted by Gasteiger charge is 2.05. The highest BCUT2D eigenvalue weighted by Crippen LogP contribution is 2.33. The number of halogens is 1. The molecule has 0 amide bonds. The lowest BCUT2D eigenvalue weighted by Gasteiger charge is -2.13. The van der Waals surface area contributed by atoms with Crippen molar-refractivity contribution in [3.05, 3.63) is 55.6 Å². The van der Waals surface area contributed by atoms with Gasteiger partial charge in [0, 0.05) is 0 Å². The molecule has 1 aromatic carbocycles. The summed E-state index contributed by atoms with van der Waals surface area (Å²) in [6.45, 7) is 7.58. The monoisotopic (exact) mass is 270 g/mol. The molecule has 1 rings (SSSR count). The Labute approximate surface area is 98.3 Å². The lowest BCUT2D eigenvalue weighted by Crippen LogP contribution is -2.03. The molecule has 0 atom stereocenters. The van der Waals surface area contributed by atoms with Crippen LogP contribution in [0.2, 0.25) is 0 Å². The van der Waals surface area contributed by atoms with Crippen molar-refractivity contribution in [1.29, 1.82) is 0 Å². The van der Waals surface area contributed by atoms with Crippen molar-refractivity contribution in [2.45, 2.75) is 0 Å². The maximum Gasteiger partial charge on any atom is -0.0104 e. The third-order valence-electron chi connectivity index (χ3n) is 1.82. The second kappa shape index (κ2) is 7.96. The Hall–Kier alpha value is -0.390. The molecule has 1 aromatic rings. The van der Waals surface area contributed by atoms with E-state index < -0.39 is 0 Å². The molecular formula is C12H16BrP. The summed E-state index contributed by atoms with van der Waals surface area (Å²) in [5.41, 5.74) is 0. The standard InChI is InChI=1S/C12H15P.BrH/c1-3-10-13(11-4-2)12-8-6-5-7-9-12;/h3-9H,1-2,10-11H2;1H. The van der Waals surface area contributed by atoms with E-state index in [9.17, 15) is 0 Å². The number of allylic oxidation sites excluding steroid dienone is 2. The minimum absolute atomic E-state index is 0. The van der Waals surface area contributed by atoms with Gasteiger partial charge in [-0.2, -0.15) is 0 Å². The number of hydrogen-bond acceptors (Lipinski definition) is 0. The SMILES string of the molecule is Br.C=CCP(CC=C)c1ccccc1. The summed E-state index contributed by atoms with van der Waals surface area (Å²) in [6.07, 6.45) is 6.18. The minimum Gasteiger partial charge on any atom is -0.114 e. The van der Waals surface area contributed by atoms with E-state index in [2.05, 4.69) is 43.5 Å². The van der Waals surface area contributed by atoms with Gasteiger partial charge in [0.1, 0.15) is 0 Å². The lowest BCUT2D eigenvalue weighted by molar-refractivity contribution is 1.66. The second-order valence-corrected chi connectivity index (χ2v) is 5.14. The normalized spacial score (nSPS) is 9.21. The molecule has 0 saturated heterocycles. The minimum atomic E-state index is -0.0921. The van der Waals surface area contributed by atoms with E-state index in [0.29, 0.717) is 0 Å². The Morgan fingerprint density at radius 1 is 1.00 bits per heavy atom. The largest absolute Gasteiger partial charge is 0.114 e. The average Bonchev–Trinajstić information content (AvgIpc) is 2.19. The van der Waals surface area contributed by atoms with Gasteiger partial charge in [-0.25, -0.2) is 0 Å². The molecule has 0 aliphatic rings. The van der Waals surface area contributed by atoms with Crippen LogP contribution in [0.4, 0.5) is 0 Å². The molecule has 0 saturated carbocycles. The highest BCUT2D eigenvalue weighted by molar-refractivity contribution is 8.93. The highest BCUT2D eigenvalue weighted by atomic mass is 79.9. The fraction of sp³-hybridized carbons (Fsp3) is 0.167. The molecule has 0 spiro atoms. The van der Waals surface area contributed by atoms with Crippen LogP contribution in [-0.4, -0.2) is 12.3 Å². The summed E-state index contributed by atoms with van der Waals surface area (Å²) < 4.78 is 0. The fourth-order valence-electron chi connectivity index (χ4n) is 1.24. The van der Waals surface area contributed by atoms with Gasteiger partial charge in [-0.3, -0.25) is 0 Å². The molecule has 2 heteroatoms. The van der Waals surface area contributed by atoms with Crippen LogP contribution in [0.1, 0.15) is 0 Å². The predicted molar refractivity (Wildman–Crippen MR) is 73.4 cm³/mol. The quantitative estimate of drug-likeness (QED) is 0.565. The lowest BCUT2D eigenvalue weighted by atomic mass is 10.4. The number of rotatable bonds is 5. The van der Waals surface area contributed by atoms with Crippen LogP contribution in [-0.2, 0) is 0 Å². The fourth-order valence-corrected chi connectivity index (χ4v) is 3.02. The zero-order chi connectivity index (χ0) is 9.52. The summed E-state index contributed by atoms with van der Waals surface area (Å²) in [4.78, 5) is 0. The molecule has 0 aromatic heterocycles. The van der Waals surface area contributed by atoms with Gasteiger partial charge in [0.2, 0.25) is 0 Å². The topological polar surface area (TPSA) is 0 Å². The van der Waals surface area contributed by atoms with Crippen LogP contribution in [0, 0.1) is 0 Å². The van der Waals surface area contributed by atoms with Crippen LogP contribution in [0.25, 0.3) is 0 Å². The first kappa shape index (κ1) is 13.6. The molecule has 0 aliphatic heterocycles. The van der Waals surface area contributed by atoms with Crippen LogP contribution >= 0.6 is 24.9 Å². The first-order chi connectivity index (χ1) is 6.38. The molecule has 0 bridgehead atoms. The zero-order valence-corrected chi connectivity index (χ0v) is 10.8. The average molecular weight is 271 g/mol. The van der Waals surface area contributed by atoms with E-state index in [0.717, 1.165) is 12.3 Å². The third kappa shape index (κ3) is 4.21. The molecule has 0 heterocycles. The zero-order valence-electron chi connectivity index (χ0n) is 8.23. The van der Waals surface area contributed by atoms with E-state index in [1.54, 1.807) is 0 Å². The third-order valence-corrected chi connectivity index (χ3v) is 4.25. The van der Waals surface area contributed by atoms with Crippen molar-refractivity contribution in [3.8, 4) is 0 Å². The maximum absolute atomic E-state index is 3.79. The van der Waals surface area contributed by atoms with Gasteiger partial charge in [-0.05, 0) is 17.6 Å². The van der Waals surface area contributed by atoms with E-state index in [1.807, 2.05) is 12.2 Å². The molecule has 14 heavy (non-hydrogen) atoms. The Kier molecular flexibility index (Phi) is 7.74. The van der Waals surface area contributed by atoms with Crippen LogP contribution in [0.3, 0.4) is 0 Å². The summed E-state index contributed by atoms with van der Waals surface area (Å²) in [7, 11) is -0.0921. The van der Waals surface area contributed by atoms with Gasteiger partial charge in [-0.1, -0.05) is 50.4 Å². The molecule has 0 N–H and O–H groups in total. The number of benzene rings is 1. The Bertz CT molecular complexity index is 259. The Morgan fingerprint density at radius 3 is 1.93 bits per heavy atom. The van der Waals surface area contributed by atoms with Crippen molar-refractivity contribution in [2.24, 2.45) is 0 Å². The molecule has 0 radical (unpaired) electrons. The summed E-state index contributed by atoms with van der Waals surface area (Å²) in [6, 6.07) is 10.6. The van der Waals surface area contributed by atoms with Crippen molar-refractivity contribution < 1.29 is 0 Å². The van der Waals surface area contributed by atoms with E-state index in [-0.39, 0.29) is 24.9 Å². The van der Waals surface area contributed by atoms with E-state index >= 15 is 0 Å². The Morgan fingerprint density at radius 2 is 1.50 bits per heavy atom. The van der Waals surface area contributed by atoms with Crippen molar-refractivity contribution >= 4 is 30.2 Å². The molecule has 0 nitrogen and oxygen atoms in total. The first-order valence-electron chi connectivity index (χ1n) is 4.40. The molecule has 0 unspecified atom stereocenters. The van der Waals surface area contributed by atoms with Crippen LogP contribution in [0.5, 0.6) is 0 Å². The second-order valence-electron chi connectivity index (χ2n) is 2.82. The molecule has 76 valence electrons. The van der Waals surface area contributed by atoms with Gasteiger partial charge in [-0.15, -0.1) is 30.1 Å². The van der Waals surface area contributed by atoms with Crippen molar-refractivity contribution in [2.75, 3.05) is 12.3 Å². The van der Waals surface area contributed by atoms with Gasteiger partial charge >= 0.3 is 0 Å². The van der Waals surface area contributed by atoms with Crippen LogP contribution < -0.4 is 5.30 Å². The number of hydrogen-bond donors (Lipinski definition) is 0. The summed E-state index contributed by atoms with van der Waals surface area (Å²) in [5, 5.41) is 1.44. The maximum atomic E-state index is 3.79. The van der Waals surface area contributed by atoms with Gasteiger partial charge in [0.05, 0.1) is 0 Å². The predicted octanol–water partition coefficient (Wildman–Crippen LogP) is 3.74. The van der Waals surface area contributed by atoms with Crippen molar-refractivity contribution in [3.63, 3.8) is 0 Å². The Balaban J connectivity index is 0.00000169. The first-order valence-corrected chi connectivity index (χ1v) is 6.11. The molecule has 0 aliphatic carbocycles. The smallest absolute Gasteiger partial charge is 0.0104 e. The van der Waals surface area contributed by atoms with Gasteiger partial charge < -0.3 is 0 Å². The van der Waals surface area contributed by atoms with E-state index in [1.165, 1.54) is 5.30 Å². The van der Waals surface area contributed by atoms with E-state index in [4.69, 9.17) is 0 Å². The summed E-state index contributed by atoms with van der Waals surface area (Å²) in [5.74, 6) is 0. The van der Waals surface area contributed by atoms with Crippen LogP contribution in [0.15, 0.2) is 55.6 Å². The van der Waals surface area contributed by atoms with Gasteiger partial charge in [0.25, 0.3) is 0 Å². The molecular weight excluding hydrogens is 255 g/mol.